The third kappa shape index (κ3) is 2.03. The van der Waals surface area contributed by atoms with E-state index in [0.29, 0.717) is 6.04 Å². The molecule has 15 heavy (non-hydrogen) atoms. The Morgan fingerprint density at radius 2 is 2.13 bits per heavy atom. The molecule has 0 saturated heterocycles. The first kappa shape index (κ1) is 9.65. The molecule has 0 heterocycles. The Morgan fingerprint density at radius 1 is 1.13 bits per heavy atom. The third-order valence-corrected chi connectivity index (χ3v) is 4.31. The van der Waals surface area contributed by atoms with Gasteiger partial charge in [-0.3, -0.25) is 0 Å². The van der Waals surface area contributed by atoms with Gasteiger partial charge in [-0.15, -0.1) is 0 Å². The first-order valence-electron chi connectivity index (χ1n) is 6.50. The van der Waals surface area contributed by atoms with Crippen LogP contribution in [0.25, 0.3) is 0 Å². The molecule has 1 nitrogen and oxygen atoms in total. The van der Waals surface area contributed by atoms with Gasteiger partial charge in [-0.1, -0.05) is 24.3 Å². The van der Waals surface area contributed by atoms with E-state index in [-0.39, 0.29) is 0 Å². The van der Waals surface area contributed by atoms with E-state index in [2.05, 4.69) is 29.6 Å². The molecule has 1 heteroatoms. The van der Waals surface area contributed by atoms with E-state index < -0.39 is 0 Å². The van der Waals surface area contributed by atoms with Crippen molar-refractivity contribution in [1.29, 1.82) is 0 Å². The maximum atomic E-state index is 3.73. The molecule has 4 unspecified atom stereocenters. The second kappa shape index (κ2) is 4.13. The molecule has 3 aliphatic rings. The summed E-state index contributed by atoms with van der Waals surface area (Å²) in [6.45, 7) is 1.24. The first-order valence-corrected chi connectivity index (χ1v) is 6.50. The van der Waals surface area contributed by atoms with Crippen molar-refractivity contribution in [3.8, 4) is 0 Å². The standard InChI is InChI=1S/C14H21N/c1-2-4-14(5-3-1)15-10-13-9-11-6-7-12(13)8-11/h2,4,6-7,11-15H,1,3,5,8-10H2. The zero-order chi connectivity index (χ0) is 10.1. The van der Waals surface area contributed by atoms with Crippen LogP contribution < -0.4 is 5.32 Å². The van der Waals surface area contributed by atoms with Gasteiger partial charge in [0.25, 0.3) is 0 Å². The van der Waals surface area contributed by atoms with Gasteiger partial charge in [0.05, 0.1) is 0 Å². The highest BCUT2D eigenvalue weighted by Crippen LogP contribution is 2.43. The molecule has 0 aliphatic heterocycles. The fraction of sp³-hybridized carbons (Fsp3) is 0.714. The van der Waals surface area contributed by atoms with Crippen LogP contribution in [0.5, 0.6) is 0 Å². The Bertz CT molecular complexity index is 279. The van der Waals surface area contributed by atoms with E-state index in [9.17, 15) is 0 Å². The van der Waals surface area contributed by atoms with Crippen molar-refractivity contribution < 1.29 is 0 Å². The molecule has 1 fully saturated rings. The molecule has 2 bridgehead atoms. The summed E-state index contributed by atoms with van der Waals surface area (Å²) in [5, 5.41) is 3.73. The van der Waals surface area contributed by atoms with Crippen LogP contribution in [-0.4, -0.2) is 12.6 Å². The molecule has 0 spiro atoms. The predicted octanol–water partition coefficient (Wildman–Crippen LogP) is 2.90. The van der Waals surface area contributed by atoms with Crippen molar-refractivity contribution in [3.05, 3.63) is 24.3 Å². The molecule has 3 aliphatic carbocycles. The van der Waals surface area contributed by atoms with Crippen molar-refractivity contribution >= 4 is 0 Å². The summed E-state index contributed by atoms with van der Waals surface area (Å²) in [5.74, 6) is 2.74. The topological polar surface area (TPSA) is 12.0 Å². The van der Waals surface area contributed by atoms with Gasteiger partial charge in [0.1, 0.15) is 0 Å². The summed E-state index contributed by atoms with van der Waals surface area (Å²) in [6.07, 6.45) is 16.5. The quantitative estimate of drug-likeness (QED) is 0.695. The lowest BCUT2D eigenvalue weighted by Gasteiger charge is -2.23. The highest BCUT2D eigenvalue weighted by molar-refractivity contribution is 5.10. The average molecular weight is 203 g/mol. The van der Waals surface area contributed by atoms with Crippen molar-refractivity contribution in [3.63, 3.8) is 0 Å². The molecule has 4 atom stereocenters. The van der Waals surface area contributed by atoms with Crippen molar-refractivity contribution in [2.75, 3.05) is 6.54 Å². The van der Waals surface area contributed by atoms with Gasteiger partial charge in [-0.25, -0.2) is 0 Å². The zero-order valence-corrected chi connectivity index (χ0v) is 9.36. The molecular formula is C14H21N. The molecule has 1 N–H and O–H groups in total. The summed E-state index contributed by atoms with van der Waals surface area (Å²) >= 11 is 0. The predicted molar refractivity (Wildman–Crippen MR) is 63.6 cm³/mol. The summed E-state index contributed by atoms with van der Waals surface area (Å²) in [6, 6.07) is 0.668. The minimum absolute atomic E-state index is 0.668. The van der Waals surface area contributed by atoms with Crippen LogP contribution in [0.15, 0.2) is 24.3 Å². The van der Waals surface area contributed by atoms with E-state index >= 15 is 0 Å². The Hall–Kier alpha value is -0.560. The van der Waals surface area contributed by atoms with E-state index in [1.165, 1.54) is 38.6 Å². The van der Waals surface area contributed by atoms with Crippen LogP contribution in [0.4, 0.5) is 0 Å². The van der Waals surface area contributed by atoms with Gasteiger partial charge in [0.15, 0.2) is 0 Å². The smallest absolute Gasteiger partial charge is 0.0250 e. The summed E-state index contributed by atoms with van der Waals surface area (Å²) in [7, 11) is 0. The highest BCUT2D eigenvalue weighted by atomic mass is 14.9. The Morgan fingerprint density at radius 3 is 2.80 bits per heavy atom. The maximum Gasteiger partial charge on any atom is 0.0250 e. The normalized spacial score (nSPS) is 42.7. The molecule has 1 saturated carbocycles. The molecule has 0 aromatic heterocycles. The van der Waals surface area contributed by atoms with E-state index in [1.54, 1.807) is 0 Å². The zero-order valence-electron chi connectivity index (χ0n) is 9.36. The van der Waals surface area contributed by atoms with Crippen LogP contribution in [-0.2, 0) is 0 Å². The lowest BCUT2D eigenvalue weighted by Crippen LogP contribution is -2.34. The third-order valence-electron chi connectivity index (χ3n) is 4.31. The minimum Gasteiger partial charge on any atom is -0.310 e. The van der Waals surface area contributed by atoms with E-state index in [1.807, 2.05) is 0 Å². The molecule has 82 valence electrons. The Kier molecular flexibility index (Phi) is 2.66. The highest BCUT2D eigenvalue weighted by Gasteiger charge is 2.35. The molecule has 0 amide bonds. The Balaban J connectivity index is 1.48. The summed E-state index contributed by atoms with van der Waals surface area (Å²) in [4.78, 5) is 0. The fourth-order valence-corrected chi connectivity index (χ4v) is 3.41. The van der Waals surface area contributed by atoms with Gasteiger partial charge in [0, 0.05) is 6.04 Å². The van der Waals surface area contributed by atoms with Crippen LogP contribution in [0.2, 0.25) is 0 Å². The minimum atomic E-state index is 0.668. The molecule has 0 radical (unpaired) electrons. The van der Waals surface area contributed by atoms with Gasteiger partial charge >= 0.3 is 0 Å². The van der Waals surface area contributed by atoms with Crippen LogP contribution in [0.3, 0.4) is 0 Å². The number of hydrogen-bond donors (Lipinski definition) is 1. The van der Waals surface area contributed by atoms with Crippen LogP contribution in [0, 0.1) is 17.8 Å². The van der Waals surface area contributed by atoms with E-state index in [4.69, 9.17) is 0 Å². The number of rotatable bonds is 3. The van der Waals surface area contributed by atoms with E-state index in [0.717, 1.165) is 17.8 Å². The fourth-order valence-electron chi connectivity index (χ4n) is 3.41. The van der Waals surface area contributed by atoms with Gasteiger partial charge in [-0.2, -0.15) is 0 Å². The number of hydrogen-bond acceptors (Lipinski definition) is 1. The largest absolute Gasteiger partial charge is 0.310 e. The lowest BCUT2D eigenvalue weighted by molar-refractivity contribution is 0.388. The number of fused-ring (bicyclic) bond motifs is 2. The first-order chi connectivity index (χ1) is 7.42. The van der Waals surface area contributed by atoms with Crippen molar-refractivity contribution in [2.45, 2.75) is 38.1 Å². The summed E-state index contributed by atoms with van der Waals surface area (Å²) < 4.78 is 0. The lowest BCUT2D eigenvalue weighted by atomic mass is 9.93. The van der Waals surface area contributed by atoms with Crippen LogP contribution in [0.1, 0.15) is 32.1 Å². The molecular weight excluding hydrogens is 182 g/mol. The monoisotopic (exact) mass is 203 g/mol. The van der Waals surface area contributed by atoms with Crippen LogP contribution >= 0.6 is 0 Å². The second-order valence-electron chi connectivity index (χ2n) is 5.41. The van der Waals surface area contributed by atoms with Crippen molar-refractivity contribution in [1.82, 2.24) is 5.32 Å². The van der Waals surface area contributed by atoms with Gasteiger partial charge < -0.3 is 5.32 Å². The van der Waals surface area contributed by atoms with Gasteiger partial charge in [0.2, 0.25) is 0 Å². The summed E-state index contributed by atoms with van der Waals surface area (Å²) in [5.41, 5.74) is 0. The Labute approximate surface area is 92.6 Å². The van der Waals surface area contributed by atoms with Crippen molar-refractivity contribution in [2.24, 2.45) is 17.8 Å². The molecule has 0 aromatic rings. The number of allylic oxidation sites excluding steroid dienone is 3. The van der Waals surface area contributed by atoms with Gasteiger partial charge in [-0.05, 0) is 56.4 Å². The molecule has 3 rings (SSSR count). The average Bonchev–Trinajstić information content (AvgIpc) is 2.89. The second-order valence-corrected chi connectivity index (χ2v) is 5.41. The number of nitrogens with one attached hydrogen (secondary N) is 1. The SMILES string of the molecule is C1=CC(NCC2CC3C=CC2C3)CCC1. The molecule has 0 aromatic carbocycles. The maximum absolute atomic E-state index is 3.73.